The van der Waals surface area contributed by atoms with Crippen molar-refractivity contribution in [1.82, 2.24) is 19.9 Å². The number of rotatable bonds is 6. The SMILES string of the molecule is COc1ncc(N2C=COC(C3=C(O[C@H]4CCN(C(=O)c5cnccn5)C4)C=CCC3)=C2)cc1C#N. The molecule has 10 nitrogen and oxygen atoms in total. The van der Waals surface area contributed by atoms with Gasteiger partial charge in [0.2, 0.25) is 5.88 Å². The third-order valence-corrected chi connectivity index (χ3v) is 6.05. The van der Waals surface area contributed by atoms with E-state index in [0.29, 0.717) is 35.8 Å². The number of methoxy groups -OCH3 is 1. The van der Waals surface area contributed by atoms with Gasteiger partial charge >= 0.3 is 0 Å². The topological polar surface area (TPSA) is 114 Å². The molecule has 36 heavy (non-hydrogen) atoms. The van der Waals surface area contributed by atoms with Crippen LogP contribution in [-0.2, 0) is 9.47 Å². The molecular formula is C26H24N6O4. The molecule has 10 heteroatoms. The summed E-state index contributed by atoms with van der Waals surface area (Å²) in [4.78, 5) is 28.6. The van der Waals surface area contributed by atoms with Gasteiger partial charge in [-0.25, -0.2) is 9.97 Å². The number of nitriles is 1. The van der Waals surface area contributed by atoms with Gasteiger partial charge in [-0.15, -0.1) is 0 Å². The summed E-state index contributed by atoms with van der Waals surface area (Å²) in [6.45, 7) is 1.06. The van der Waals surface area contributed by atoms with Crippen LogP contribution in [0.1, 0.15) is 35.3 Å². The molecule has 1 amide bonds. The second-order valence-electron chi connectivity index (χ2n) is 8.32. The Kier molecular flexibility index (Phi) is 6.62. The Bertz CT molecular complexity index is 1310. The highest BCUT2D eigenvalue weighted by Gasteiger charge is 2.30. The molecule has 0 spiro atoms. The zero-order valence-corrected chi connectivity index (χ0v) is 19.7. The number of hydrogen-bond acceptors (Lipinski definition) is 9. The first kappa shape index (κ1) is 23.1. The second-order valence-corrected chi connectivity index (χ2v) is 8.32. The molecular weight excluding hydrogens is 460 g/mol. The minimum atomic E-state index is -0.147. The van der Waals surface area contributed by atoms with Crippen LogP contribution in [0.25, 0.3) is 0 Å². The minimum Gasteiger partial charge on any atom is -0.488 e. The van der Waals surface area contributed by atoms with Crippen LogP contribution in [0.5, 0.6) is 5.88 Å². The fourth-order valence-electron chi connectivity index (χ4n) is 4.26. The lowest BCUT2D eigenvalue weighted by atomic mass is 10.0. The van der Waals surface area contributed by atoms with Crippen LogP contribution in [0, 0.1) is 11.3 Å². The predicted octanol–water partition coefficient (Wildman–Crippen LogP) is 3.44. The van der Waals surface area contributed by atoms with Gasteiger partial charge in [-0.3, -0.25) is 9.78 Å². The summed E-state index contributed by atoms with van der Waals surface area (Å²) in [6, 6.07) is 3.82. The van der Waals surface area contributed by atoms with E-state index >= 15 is 0 Å². The van der Waals surface area contributed by atoms with Crippen LogP contribution < -0.4 is 9.64 Å². The summed E-state index contributed by atoms with van der Waals surface area (Å²) in [6.07, 6.45) is 17.6. The van der Waals surface area contributed by atoms with Gasteiger partial charge < -0.3 is 24.0 Å². The monoisotopic (exact) mass is 484 g/mol. The van der Waals surface area contributed by atoms with E-state index in [4.69, 9.17) is 14.2 Å². The average Bonchev–Trinajstić information content (AvgIpc) is 3.41. The molecule has 0 aromatic carbocycles. The molecule has 2 aliphatic heterocycles. The van der Waals surface area contributed by atoms with E-state index in [-0.39, 0.29) is 17.9 Å². The Hall–Kier alpha value is -4.65. The Balaban J connectivity index is 1.33. The van der Waals surface area contributed by atoms with E-state index < -0.39 is 0 Å². The molecule has 2 aromatic rings. The van der Waals surface area contributed by atoms with Gasteiger partial charge in [0.05, 0.1) is 37.9 Å². The second kappa shape index (κ2) is 10.3. The molecule has 1 saturated heterocycles. The molecule has 2 aromatic heterocycles. The predicted molar refractivity (Wildman–Crippen MR) is 129 cm³/mol. The molecule has 5 rings (SSSR count). The number of aromatic nitrogens is 3. The first-order valence-corrected chi connectivity index (χ1v) is 11.6. The molecule has 1 aliphatic carbocycles. The lowest BCUT2D eigenvalue weighted by Crippen LogP contribution is -2.31. The fraction of sp³-hybridized carbons (Fsp3) is 0.269. The molecule has 3 aliphatic rings. The first-order valence-electron chi connectivity index (χ1n) is 11.6. The molecule has 0 unspecified atom stereocenters. The molecule has 0 bridgehead atoms. The molecule has 1 fully saturated rings. The highest BCUT2D eigenvalue weighted by Crippen LogP contribution is 2.33. The van der Waals surface area contributed by atoms with Crippen LogP contribution in [-0.4, -0.2) is 52.1 Å². The number of ether oxygens (including phenoxy) is 3. The van der Waals surface area contributed by atoms with Crippen LogP contribution in [0.2, 0.25) is 0 Å². The highest BCUT2D eigenvalue weighted by molar-refractivity contribution is 5.92. The van der Waals surface area contributed by atoms with Crippen molar-refractivity contribution in [2.45, 2.75) is 25.4 Å². The number of carbonyl (C=O) groups is 1. The highest BCUT2D eigenvalue weighted by atomic mass is 16.5. The summed E-state index contributed by atoms with van der Waals surface area (Å²) in [5.74, 6) is 1.51. The van der Waals surface area contributed by atoms with Gasteiger partial charge in [0.1, 0.15) is 41.2 Å². The van der Waals surface area contributed by atoms with Crippen molar-refractivity contribution in [2.24, 2.45) is 0 Å². The van der Waals surface area contributed by atoms with Crippen LogP contribution in [0.3, 0.4) is 0 Å². The maximum absolute atomic E-state index is 12.7. The smallest absolute Gasteiger partial charge is 0.274 e. The van der Waals surface area contributed by atoms with Crippen molar-refractivity contribution in [3.8, 4) is 11.9 Å². The first-order chi connectivity index (χ1) is 17.7. The zero-order valence-electron chi connectivity index (χ0n) is 19.7. The van der Waals surface area contributed by atoms with Crippen LogP contribution >= 0.6 is 0 Å². The third-order valence-electron chi connectivity index (χ3n) is 6.05. The van der Waals surface area contributed by atoms with Crippen molar-refractivity contribution in [3.05, 3.63) is 90.0 Å². The maximum atomic E-state index is 12.7. The van der Waals surface area contributed by atoms with E-state index in [2.05, 4.69) is 27.1 Å². The number of likely N-dealkylation sites (tertiary alicyclic amines) is 1. The fourth-order valence-corrected chi connectivity index (χ4v) is 4.26. The van der Waals surface area contributed by atoms with E-state index in [1.807, 2.05) is 17.2 Å². The molecule has 4 heterocycles. The summed E-state index contributed by atoms with van der Waals surface area (Å²) in [7, 11) is 1.48. The molecule has 0 N–H and O–H groups in total. The quantitative estimate of drug-likeness (QED) is 0.608. The standard InChI is InChI=1S/C26H24N6O4/c1-34-25-18(13-27)12-19(14-30-25)31-10-11-35-24(17-31)21-4-2-3-5-23(21)36-20-6-9-32(16-20)26(33)22-15-28-7-8-29-22/h3,5,7-8,10-12,14-15,17,20H,2,4,6,9,16H2,1H3/t20-/m0/s1. The van der Waals surface area contributed by atoms with Gasteiger partial charge in [-0.2, -0.15) is 5.26 Å². The largest absolute Gasteiger partial charge is 0.488 e. The van der Waals surface area contributed by atoms with Crippen molar-refractivity contribution in [1.29, 1.82) is 5.26 Å². The average molecular weight is 485 g/mol. The third kappa shape index (κ3) is 4.77. The van der Waals surface area contributed by atoms with Gasteiger partial charge in [-0.1, -0.05) is 6.08 Å². The van der Waals surface area contributed by atoms with Gasteiger partial charge in [0.25, 0.3) is 5.91 Å². The Morgan fingerprint density at radius 3 is 3.00 bits per heavy atom. The Labute approximate surface area is 208 Å². The van der Waals surface area contributed by atoms with Crippen molar-refractivity contribution in [3.63, 3.8) is 0 Å². The molecule has 0 saturated carbocycles. The normalized spacial score (nSPS) is 19.0. The van der Waals surface area contributed by atoms with Gasteiger partial charge in [-0.05, 0) is 25.0 Å². The molecule has 182 valence electrons. The summed E-state index contributed by atoms with van der Waals surface area (Å²) in [5.41, 5.74) is 2.31. The maximum Gasteiger partial charge on any atom is 0.274 e. The number of nitrogens with zero attached hydrogens (tertiary/aromatic N) is 6. The number of pyridine rings is 1. The van der Waals surface area contributed by atoms with Crippen LogP contribution in [0.4, 0.5) is 5.69 Å². The van der Waals surface area contributed by atoms with Gasteiger partial charge in [0.15, 0.2) is 0 Å². The Morgan fingerprint density at radius 2 is 2.19 bits per heavy atom. The Morgan fingerprint density at radius 1 is 1.28 bits per heavy atom. The van der Waals surface area contributed by atoms with Crippen molar-refractivity contribution < 1.29 is 19.0 Å². The number of allylic oxidation sites excluding steroid dienone is 3. The number of anilines is 1. The van der Waals surface area contributed by atoms with Gasteiger partial charge in [0, 0.05) is 37.1 Å². The molecule has 0 radical (unpaired) electrons. The number of amides is 1. The van der Waals surface area contributed by atoms with E-state index in [1.54, 1.807) is 35.8 Å². The summed E-state index contributed by atoms with van der Waals surface area (Å²) >= 11 is 0. The number of carbonyl (C=O) groups excluding carboxylic acids is 1. The van der Waals surface area contributed by atoms with Crippen molar-refractivity contribution in [2.75, 3.05) is 25.1 Å². The van der Waals surface area contributed by atoms with E-state index in [1.165, 1.54) is 19.5 Å². The summed E-state index contributed by atoms with van der Waals surface area (Å²) in [5, 5.41) is 9.41. The zero-order chi connectivity index (χ0) is 24.9. The van der Waals surface area contributed by atoms with E-state index in [0.717, 1.165) is 30.6 Å². The number of hydrogen-bond donors (Lipinski definition) is 0. The lowest BCUT2D eigenvalue weighted by Gasteiger charge is -2.26. The van der Waals surface area contributed by atoms with Crippen LogP contribution in [0.15, 0.2) is 78.8 Å². The van der Waals surface area contributed by atoms with Crippen molar-refractivity contribution >= 4 is 11.6 Å². The minimum absolute atomic E-state index is 0.141. The molecule has 1 atom stereocenters. The summed E-state index contributed by atoms with van der Waals surface area (Å²) < 4.78 is 17.4. The lowest BCUT2D eigenvalue weighted by molar-refractivity contribution is 0.0737. The van der Waals surface area contributed by atoms with E-state index in [9.17, 15) is 10.1 Å².